The van der Waals surface area contributed by atoms with Gasteiger partial charge in [-0.3, -0.25) is 4.79 Å². The van der Waals surface area contributed by atoms with Gasteiger partial charge in [0, 0.05) is 18.3 Å². The van der Waals surface area contributed by atoms with E-state index < -0.39 is 8.07 Å². The summed E-state index contributed by atoms with van der Waals surface area (Å²) >= 11 is 4.65. The molecule has 0 radical (unpaired) electrons. The van der Waals surface area contributed by atoms with Crippen LogP contribution in [0, 0.1) is 7.14 Å². The van der Waals surface area contributed by atoms with Crippen LogP contribution in [0.2, 0.25) is 13.1 Å². The SMILES string of the molecule is C[Si]1(C)c2cc(I)ccc2C(=O)c2ccc(I)cc21. The molecule has 4 heteroatoms. The van der Waals surface area contributed by atoms with Gasteiger partial charge in [-0.15, -0.1) is 0 Å². The number of hydrogen-bond acceptors (Lipinski definition) is 1. The van der Waals surface area contributed by atoms with E-state index in [0.717, 1.165) is 11.1 Å². The Labute approximate surface area is 141 Å². The van der Waals surface area contributed by atoms with Gasteiger partial charge in [0.15, 0.2) is 5.78 Å². The number of carbonyl (C=O) groups is 1. The zero-order valence-corrected chi connectivity index (χ0v) is 15.9. The summed E-state index contributed by atoms with van der Waals surface area (Å²) in [4.78, 5) is 12.6. The quantitative estimate of drug-likeness (QED) is 0.410. The van der Waals surface area contributed by atoms with Gasteiger partial charge in [0.2, 0.25) is 0 Å². The van der Waals surface area contributed by atoms with E-state index in [1.165, 1.54) is 17.5 Å². The zero-order valence-electron chi connectivity index (χ0n) is 10.6. The molecule has 1 heterocycles. The first-order valence-electron chi connectivity index (χ1n) is 6.06. The van der Waals surface area contributed by atoms with Crippen LogP contribution in [0.4, 0.5) is 0 Å². The normalized spacial score (nSPS) is 15.9. The standard InChI is InChI=1S/C15H12I2OSi/c1-19(2)13-7-9(16)3-5-11(13)15(18)12-6-4-10(17)8-14(12)19/h3-8H,1-2H3. The van der Waals surface area contributed by atoms with Crippen molar-refractivity contribution in [2.45, 2.75) is 13.1 Å². The molecule has 0 amide bonds. The van der Waals surface area contributed by atoms with Crippen LogP contribution in [0.5, 0.6) is 0 Å². The van der Waals surface area contributed by atoms with Gasteiger partial charge in [0.25, 0.3) is 0 Å². The third-order valence-corrected chi connectivity index (χ3v) is 8.66. The molecule has 2 aromatic carbocycles. The minimum atomic E-state index is -1.77. The van der Waals surface area contributed by atoms with Crippen molar-refractivity contribution in [3.8, 4) is 0 Å². The second-order valence-corrected chi connectivity index (χ2v) is 12.2. The summed E-state index contributed by atoms with van der Waals surface area (Å²) in [5, 5.41) is 2.55. The van der Waals surface area contributed by atoms with E-state index in [4.69, 9.17) is 0 Å². The Kier molecular flexibility index (Phi) is 3.38. The molecule has 0 N–H and O–H groups in total. The van der Waals surface area contributed by atoms with E-state index in [-0.39, 0.29) is 5.78 Å². The van der Waals surface area contributed by atoms with Crippen molar-refractivity contribution in [1.29, 1.82) is 0 Å². The van der Waals surface area contributed by atoms with E-state index in [1.807, 2.05) is 24.3 Å². The summed E-state index contributed by atoms with van der Waals surface area (Å²) in [5.74, 6) is 0.185. The average Bonchev–Trinajstić information content (AvgIpc) is 2.36. The molecule has 0 aliphatic carbocycles. The van der Waals surface area contributed by atoms with Gasteiger partial charge in [-0.2, -0.15) is 0 Å². The van der Waals surface area contributed by atoms with Crippen molar-refractivity contribution in [3.05, 3.63) is 54.7 Å². The van der Waals surface area contributed by atoms with E-state index in [0.29, 0.717) is 0 Å². The van der Waals surface area contributed by atoms with Crippen molar-refractivity contribution in [1.82, 2.24) is 0 Å². The number of halogens is 2. The van der Waals surface area contributed by atoms with Crippen LogP contribution in [0.3, 0.4) is 0 Å². The maximum absolute atomic E-state index is 12.6. The lowest BCUT2D eigenvalue weighted by molar-refractivity contribution is 0.104. The molecule has 3 rings (SSSR count). The molecule has 19 heavy (non-hydrogen) atoms. The molecule has 0 unspecified atom stereocenters. The molecule has 0 aromatic heterocycles. The lowest BCUT2D eigenvalue weighted by Crippen LogP contribution is -2.59. The van der Waals surface area contributed by atoms with Crippen LogP contribution in [-0.2, 0) is 0 Å². The topological polar surface area (TPSA) is 17.1 Å². The van der Waals surface area contributed by atoms with Crippen LogP contribution in [0.15, 0.2) is 36.4 Å². The maximum atomic E-state index is 12.6. The molecule has 0 spiro atoms. The summed E-state index contributed by atoms with van der Waals surface area (Å²) in [6.45, 7) is 4.67. The largest absolute Gasteiger partial charge is 0.289 e. The second-order valence-electron chi connectivity index (χ2n) is 5.33. The van der Waals surface area contributed by atoms with Crippen molar-refractivity contribution >= 4 is 69.4 Å². The lowest BCUT2D eigenvalue weighted by atomic mass is 10.0. The number of benzene rings is 2. The van der Waals surface area contributed by atoms with Crippen molar-refractivity contribution in [3.63, 3.8) is 0 Å². The van der Waals surface area contributed by atoms with Gasteiger partial charge in [0.1, 0.15) is 8.07 Å². The molecule has 0 atom stereocenters. The molecule has 0 saturated carbocycles. The Morgan fingerprint density at radius 3 is 1.68 bits per heavy atom. The van der Waals surface area contributed by atoms with E-state index in [9.17, 15) is 4.79 Å². The Balaban J connectivity index is 2.36. The summed E-state index contributed by atoms with van der Waals surface area (Å²) in [5.41, 5.74) is 1.82. The van der Waals surface area contributed by atoms with Crippen LogP contribution in [-0.4, -0.2) is 13.9 Å². The molecular weight excluding hydrogens is 478 g/mol. The van der Waals surface area contributed by atoms with E-state index in [2.05, 4.69) is 70.4 Å². The molecule has 0 saturated heterocycles. The molecular formula is C15H12I2OSi. The minimum absolute atomic E-state index is 0.185. The minimum Gasteiger partial charge on any atom is -0.289 e. The molecule has 0 fully saturated rings. The van der Waals surface area contributed by atoms with E-state index >= 15 is 0 Å². The van der Waals surface area contributed by atoms with Crippen molar-refractivity contribution < 1.29 is 4.79 Å². The van der Waals surface area contributed by atoms with E-state index in [1.54, 1.807) is 0 Å². The first-order valence-corrected chi connectivity index (χ1v) is 11.2. The highest BCUT2D eigenvalue weighted by atomic mass is 127. The molecule has 0 bridgehead atoms. The van der Waals surface area contributed by atoms with Crippen molar-refractivity contribution in [2.24, 2.45) is 0 Å². The second kappa shape index (κ2) is 4.66. The lowest BCUT2D eigenvalue weighted by Gasteiger charge is -2.32. The summed E-state index contributed by atoms with van der Waals surface area (Å²) < 4.78 is 2.41. The Morgan fingerprint density at radius 1 is 0.842 bits per heavy atom. The molecule has 96 valence electrons. The summed E-state index contributed by atoms with van der Waals surface area (Å²) in [7, 11) is -1.77. The van der Waals surface area contributed by atoms with Crippen LogP contribution < -0.4 is 10.4 Å². The van der Waals surface area contributed by atoms with Gasteiger partial charge in [-0.1, -0.05) is 25.2 Å². The monoisotopic (exact) mass is 490 g/mol. The summed E-state index contributed by atoms with van der Waals surface area (Å²) in [6, 6.07) is 12.4. The zero-order chi connectivity index (χ0) is 13.8. The summed E-state index contributed by atoms with van der Waals surface area (Å²) in [6.07, 6.45) is 0. The molecule has 1 nitrogen and oxygen atoms in total. The maximum Gasteiger partial charge on any atom is 0.192 e. The molecule has 2 aromatic rings. The van der Waals surface area contributed by atoms with Crippen molar-refractivity contribution in [2.75, 3.05) is 0 Å². The highest BCUT2D eigenvalue weighted by Crippen LogP contribution is 2.22. The Morgan fingerprint density at radius 2 is 1.26 bits per heavy atom. The van der Waals surface area contributed by atoms with Crippen LogP contribution >= 0.6 is 45.2 Å². The fraction of sp³-hybridized carbons (Fsp3) is 0.133. The van der Waals surface area contributed by atoms with Crippen LogP contribution in [0.25, 0.3) is 0 Å². The predicted octanol–water partition coefficient (Wildman–Crippen LogP) is 3.26. The fourth-order valence-corrected chi connectivity index (χ4v) is 7.39. The number of carbonyl (C=O) groups excluding carboxylic acids is 1. The number of ketones is 1. The number of rotatable bonds is 0. The molecule has 1 aliphatic heterocycles. The predicted molar refractivity (Wildman–Crippen MR) is 98.5 cm³/mol. The van der Waals surface area contributed by atoms with Gasteiger partial charge in [0.05, 0.1) is 0 Å². The Bertz CT molecular complexity index is 650. The van der Waals surface area contributed by atoms with Gasteiger partial charge in [-0.05, 0) is 79.8 Å². The number of hydrogen-bond donors (Lipinski definition) is 0. The highest BCUT2D eigenvalue weighted by molar-refractivity contribution is 14.1. The number of fused-ring (bicyclic) bond motifs is 2. The average molecular weight is 490 g/mol. The first-order chi connectivity index (χ1) is 8.91. The van der Waals surface area contributed by atoms with Crippen LogP contribution in [0.1, 0.15) is 15.9 Å². The fourth-order valence-electron chi connectivity index (χ4n) is 2.75. The third kappa shape index (κ3) is 2.11. The van der Waals surface area contributed by atoms with Gasteiger partial charge < -0.3 is 0 Å². The van der Waals surface area contributed by atoms with Gasteiger partial charge >= 0.3 is 0 Å². The first kappa shape index (κ1) is 13.8. The van der Waals surface area contributed by atoms with Gasteiger partial charge in [-0.25, -0.2) is 0 Å². The third-order valence-electron chi connectivity index (χ3n) is 3.80. The Hall–Kier alpha value is -0.213. The smallest absolute Gasteiger partial charge is 0.192 e. The highest BCUT2D eigenvalue weighted by Gasteiger charge is 2.38. The molecule has 1 aliphatic rings.